The van der Waals surface area contributed by atoms with Crippen molar-refractivity contribution in [1.82, 2.24) is 0 Å². The third-order valence-corrected chi connectivity index (χ3v) is 4.31. The van der Waals surface area contributed by atoms with Gasteiger partial charge in [0.25, 0.3) is 0 Å². The van der Waals surface area contributed by atoms with Crippen molar-refractivity contribution in [2.75, 3.05) is 0 Å². The van der Waals surface area contributed by atoms with E-state index in [0.29, 0.717) is 11.7 Å². The maximum absolute atomic E-state index is 5.80. The van der Waals surface area contributed by atoms with Crippen LogP contribution >= 0.6 is 0 Å². The van der Waals surface area contributed by atoms with Gasteiger partial charge in [0, 0.05) is 12.3 Å². The quantitative estimate of drug-likeness (QED) is 0.588. The molecule has 0 amide bonds. The first kappa shape index (κ1) is 10.5. The molecule has 2 heterocycles. The zero-order valence-electron chi connectivity index (χ0n) is 9.88. The fourth-order valence-electron chi connectivity index (χ4n) is 3.06. The molecule has 0 aromatic heterocycles. The van der Waals surface area contributed by atoms with Crippen LogP contribution in [0.25, 0.3) is 0 Å². The summed E-state index contributed by atoms with van der Waals surface area (Å²) in [6, 6.07) is 0. The van der Waals surface area contributed by atoms with Gasteiger partial charge in [0.1, 0.15) is 0 Å². The summed E-state index contributed by atoms with van der Waals surface area (Å²) in [6.45, 7) is 7.03. The lowest BCUT2D eigenvalue weighted by Gasteiger charge is -2.67. The molecule has 2 aliphatic heterocycles. The molecule has 4 unspecified atom stereocenters. The SMILES string of the molecule is CCCCCC(C)CC12CC(O1)C2C. The van der Waals surface area contributed by atoms with Crippen LogP contribution < -0.4 is 0 Å². The molecule has 0 aromatic carbocycles. The lowest BCUT2D eigenvalue weighted by atomic mass is 9.58. The normalized spacial score (nSPS) is 41.4. The summed E-state index contributed by atoms with van der Waals surface area (Å²) in [5.41, 5.74) is 0.344. The molecule has 0 aromatic rings. The Bertz CT molecular complexity index is 193. The van der Waals surface area contributed by atoms with Crippen molar-refractivity contribution in [3.05, 3.63) is 0 Å². The highest BCUT2D eigenvalue weighted by Gasteiger charge is 2.64. The van der Waals surface area contributed by atoms with Gasteiger partial charge in [0.15, 0.2) is 0 Å². The Kier molecular flexibility index (Phi) is 2.88. The molecule has 1 nitrogen and oxygen atoms in total. The van der Waals surface area contributed by atoms with E-state index in [1.807, 2.05) is 0 Å². The van der Waals surface area contributed by atoms with Crippen molar-refractivity contribution < 1.29 is 4.74 Å². The summed E-state index contributed by atoms with van der Waals surface area (Å²) in [5, 5.41) is 0. The third-order valence-electron chi connectivity index (χ3n) is 4.31. The first-order valence-electron chi connectivity index (χ1n) is 6.36. The highest BCUT2D eigenvalue weighted by atomic mass is 16.6. The molecule has 3 rings (SSSR count). The Balaban J connectivity index is 1.65. The fraction of sp³-hybridized carbons (Fsp3) is 1.00. The molecule has 0 N–H and O–H groups in total. The molecular formula is C13H24O. The Morgan fingerprint density at radius 2 is 2.14 bits per heavy atom. The van der Waals surface area contributed by atoms with Gasteiger partial charge in [-0.3, -0.25) is 0 Å². The van der Waals surface area contributed by atoms with E-state index in [1.54, 1.807) is 0 Å². The Morgan fingerprint density at radius 3 is 2.57 bits per heavy atom. The number of hydrogen-bond donors (Lipinski definition) is 0. The van der Waals surface area contributed by atoms with Crippen LogP contribution in [0.5, 0.6) is 0 Å². The van der Waals surface area contributed by atoms with Crippen LogP contribution in [-0.2, 0) is 4.74 Å². The van der Waals surface area contributed by atoms with E-state index >= 15 is 0 Å². The van der Waals surface area contributed by atoms with E-state index in [2.05, 4.69) is 20.8 Å². The molecule has 4 atom stereocenters. The summed E-state index contributed by atoms with van der Waals surface area (Å²) in [6.07, 6.45) is 8.85. The van der Waals surface area contributed by atoms with Crippen LogP contribution in [0.1, 0.15) is 59.3 Å². The number of hydrogen-bond acceptors (Lipinski definition) is 1. The van der Waals surface area contributed by atoms with E-state index in [1.165, 1.54) is 38.5 Å². The van der Waals surface area contributed by atoms with Gasteiger partial charge in [0.05, 0.1) is 11.7 Å². The molecule has 3 aliphatic rings. The van der Waals surface area contributed by atoms with Gasteiger partial charge in [-0.1, -0.05) is 46.5 Å². The van der Waals surface area contributed by atoms with Gasteiger partial charge in [-0.25, -0.2) is 0 Å². The number of rotatable bonds is 6. The Morgan fingerprint density at radius 1 is 1.43 bits per heavy atom. The molecule has 1 saturated carbocycles. The molecule has 1 aliphatic carbocycles. The maximum Gasteiger partial charge on any atom is 0.0763 e. The maximum atomic E-state index is 5.80. The summed E-state index contributed by atoms with van der Waals surface area (Å²) < 4.78 is 5.80. The largest absolute Gasteiger partial charge is 0.371 e. The predicted octanol–water partition coefficient (Wildman–Crippen LogP) is 3.77. The van der Waals surface area contributed by atoms with Gasteiger partial charge in [-0.2, -0.15) is 0 Å². The molecule has 0 radical (unpaired) electrons. The van der Waals surface area contributed by atoms with Crippen LogP contribution in [0.4, 0.5) is 0 Å². The first-order valence-corrected chi connectivity index (χ1v) is 6.36. The molecule has 0 spiro atoms. The van der Waals surface area contributed by atoms with Gasteiger partial charge in [0.2, 0.25) is 0 Å². The topological polar surface area (TPSA) is 9.23 Å². The van der Waals surface area contributed by atoms with Crippen LogP contribution in [-0.4, -0.2) is 11.7 Å². The molecule has 3 fully saturated rings. The summed E-state index contributed by atoms with van der Waals surface area (Å²) >= 11 is 0. The van der Waals surface area contributed by atoms with Gasteiger partial charge < -0.3 is 4.74 Å². The molecule has 2 bridgehead atoms. The zero-order valence-corrected chi connectivity index (χ0v) is 9.88. The van der Waals surface area contributed by atoms with Crippen LogP contribution in [0.3, 0.4) is 0 Å². The second kappa shape index (κ2) is 3.84. The van der Waals surface area contributed by atoms with Crippen molar-refractivity contribution >= 4 is 0 Å². The van der Waals surface area contributed by atoms with E-state index in [9.17, 15) is 0 Å². The smallest absolute Gasteiger partial charge is 0.0763 e. The van der Waals surface area contributed by atoms with E-state index < -0.39 is 0 Å². The van der Waals surface area contributed by atoms with Crippen LogP contribution in [0, 0.1) is 11.8 Å². The van der Waals surface area contributed by atoms with Crippen molar-refractivity contribution in [2.24, 2.45) is 11.8 Å². The zero-order chi connectivity index (χ0) is 10.2. The average molecular weight is 196 g/mol. The Labute approximate surface area is 88.2 Å². The minimum Gasteiger partial charge on any atom is -0.371 e. The van der Waals surface area contributed by atoms with E-state index in [-0.39, 0.29) is 0 Å². The fourth-order valence-corrected chi connectivity index (χ4v) is 3.06. The van der Waals surface area contributed by atoms with Gasteiger partial charge in [-0.05, 0) is 12.3 Å². The van der Waals surface area contributed by atoms with E-state index in [0.717, 1.165) is 11.8 Å². The van der Waals surface area contributed by atoms with Gasteiger partial charge in [-0.15, -0.1) is 0 Å². The molecule has 82 valence electrons. The molecule has 1 heteroatoms. The second-order valence-corrected chi connectivity index (χ2v) is 5.52. The van der Waals surface area contributed by atoms with Crippen molar-refractivity contribution in [3.8, 4) is 0 Å². The van der Waals surface area contributed by atoms with Gasteiger partial charge >= 0.3 is 0 Å². The van der Waals surface area contributed by atoms with E-state index in [4.69, 9.17) is 4.74 Å². The summed E-state index contributed by atoms with van der Waals surface area (Å²) in [4.78, 5) is 0. The minimum absolute atomic E-state index is 0.344. The highest BCUT2D eigenvalue weighted by molar-refractivity contribution is 5.13. The Hall–Kier alpha value is -0.0400. The molecule has 14 heavy (non-hydrogen) atoms. The molecular weight excluding hydrogens is 172 g/mol. The van der Waals surface area contributed by atoms with Crippen molar-refractivity contribution in [1.29, 1.82) is 0 Å². The van der Waals surface area contributed by atoms with Crippen LogP contribution in [0.2, 0.25) is 0 Å². The number of unbranched alkanes of at least 4 members (excludes halogenated alkanes) is 2. The average Bonchev–Trinajstić information content (AvgIpc) is 2.12. The summed E-state index contributed by atoms with van der Waals surface area (Å²) in [7, 11) is 0. The summed E-state index contributed by atoms with van der Waals surface area (Å²) in [5.74, 6) is 1.72. The minimum atomic E-state index is 0.344. The van der Waals surface area contributed by atoms with Crippen molar-refractivity contribution in [3.63, 3.8) is 0 Å². The number of ether oxygens (including phenoxy) is 1. The lowest BCUT2D eigenvalue weighted by Crippen LogP contribution is -2.72. The lowest BCUT2D eigenvalue weighted by molar-refractivity contribution is -0.372. The monoisotopic (exact) mass is 196 g/mol. The third kappa shape index (κ3) is 1.60. The van der Waals surface area contributed by atoms with Crippen LogP contribution in [0.15, 0.2) is 0 Å². The highest BCUT2D eigenvalue weighted by Crippen LogP contribution is 2.59. The predicted molar refractivity (Wildman–Crippen MR) is 59.3 cm³/mol. The molecule has 2 saturated heterocycles. The second-order valence-electron chi connectivity index (χ2n) is 5.52. The standard InChI is InChI=1S/C13H24O/c1-4-5-6-7-10(2)8-13-9-12(14-13)11(13)3/h10-12H,4-9H2,1-3H3. The van der Waals surface area contributed by atoms with Crippen molar-refractivity contribution in [2.45, 2.75) is 71.0 Å². The first-order chi connectivity index (χ1) is 6.68.